The number of hydrogen-bond acceptors (Lipinski definition) is 4. The molecule has 1 unspecified atom stereocenters. The van der Waals surface area contributed by atoms with E-state index in [4.69, 9.17) is 5.73 Å². The van der Waals surface area contributed by atoms with Crippen LogP contribution in [0.15, 0.2) is 24.3 Å². The van der Waals surface area contributed by atoms with Gasteiger partial charge in [0.2, 0.25) is 5.91 Å². The summed E-state index contributed by atoms with van der Waals surface area (Å²) in [6, 6.07) is 5.87. The van der Waals surface area contributed by atoms with Gasteiger partial charge in [-0.15, -0.1) is 0 Å². The molecule has 0 bridgehead atoms. The van der Waals surface area contributed by atoms with Crippen molar-refractivity contribution < 1.29 is 9.72 Å². The van der Waals surface area contributed by atoms with Crippen LogP contribution in [-0.4, -0.2) is 16.9 Å². The number of carbonyl (C=O) groups excluding carboxylic acids is 1. The monoisotopic (exact) mass is 305 g/mol. The minimum atomic E-state index is -0.536. The minimum absolute atomic E-state index is 0.0173. The summed E-state index contributed by atoms with van der Waals surface area (Å²) in [7, 11) is 0. The van der Waals surface area contributed by atoms with Crippen molar-refractivity contribution in [3.63, 3.8) is 0 Å². The Morgan fingerprint density at radius 3 is 2.68 bits per heavy atom. The molecule has 0 saturated heterocycles. The van der Waals surface area contributed by atoms with Crippen molar-refractivity contribution in [2.24, 2.45) is 11.7 Å². The molecule has 0 radical (unpaired) electrons. The highest BCUT2D eigenvalue weighted by atomic mass is 16.6. The van der Waals surface area contributed by atoms with Crippen LogP contribution in [0.2, 0.25) is 0 Å². The summed E-state index contributed by atoms with van der Waals surface area (Å²) in [4.78, 5) is 22.6. The Balaban J connectivity index is 1.85. The van der Waals surface area contributed by atoms with Gasteiger partial charge >= 0.3 is 0 Å². The van der Waals surface area contributed by atoms with E-state index < -0.39 is 11.0 Å². The molecule has 120 valence electrons. The molecule has 1 aliphatic rings. The lowest BCUT2D eigenvalue weighted by Crippen LogP contribution is -2.41. The Kier molecular flexibility index (Phi) is 5.89. The molecule has 0 aliphatic heterocycles. The van der Waals surface area contributed by atoms with Gasteiger partial charge in [0, 0.05) is 18.2 Å². The Hall–Kier alpha value is -1.95. The Morgan fingerprint density at radius 1 is 1.32 bits per heavy atom. The molecule has 6 heteroatoms. The molecule has 1 fully saturated rings. The average molecular weight is 305 g/mol. The van der Waals surface area contributed by atoms with Crippen molar-refractivity contribution in [1.82, 2.24) is 5.32 Å². The van der Waals surface area contributed by atoms with E-state index in [9.17, 15) is 14.9 Å². The molecule has 1 aliphatic carbocycles. The van der Waals surface area contributed by atoms with Gasteiger partial charge in [0.05, 0.1) is 11.0 Å². The van der Waals surface area contributed by atoms with Crippen molar-refractivity contribution in [2.75, 3.05) is 0 Å². The number of nitrogens with one attached hydrogen (secondary N) is 1. The summed E-state index contributed by atoms with van der Waals surface area (Å²) in [5.74, 6) is 0.296. The van der Waals surface area contributed by atoms with E-state index in [0.717, 1.165) is 12.8 Å². The highest BCUT2D eigenvalue weighted by molar-refractivity contribution is 5.81. The smallest absolute Gasteiger partial charge is 0.274 e. The summed E-state index contributed by atoms with van der Waals surface area (Å²) in [5.41, 5.74) is 6.47. The van der Waals surface area contributed by atoms with Crippen molar-refractivity contribution in [1.29, 1.82) is 0 Å². The molecule has 22 heavy (non-hydrogen) atoms. The van der Waals surface area contributed by atoms with Crippen molar-refractivity contribution in [3.8, 4) is 0 Å². The lowest BCUT2D eigenvalue weighted by atomic mass is 9.85. The third-order valence-electron chi connectivity index (χ3n) is 4.29. The van der Waals surface area contributed by atoms with E-state index in [1.807, 2.05) is 0 Å². The number of carbonyl (C=O) groups is 1. The molecule has 1 aromatic carbocycles. The topological polar surface area (TPSA) is 98.3 Å². The highest BCUT2D eigenvalue weighted by Gasteiger charge is 2.21. The van der Waals surface area contributed by atoms with Crippen LogP contribution in [0.4, 0.5) is 5.69 Å². The number of nitrogens with two attached hydrogens (primary N) is 1. The maximum absolute atomic E-state index is 12.1. The van der Waals surface area contributed by atoms with Gasteiger partial charge < -0.3 is 11.1 Å². The molecular formula is C16H23N3O3. The Bertz CT molecular complexity index is 527. The Labute approximate surface area is 130 Å². The maximum atomic E-state index is 12.1. The molecule has 3 N–H and O–H groups in total. The van der Waals surface area contributed by atoms with Crippen molar-refractivity contribution in [3.05, 3.63) is 39.9 Å². The van der Waals surface area contributed by atoms with E-state index in [1.54, 1.807) is 18.2 Å². The molecule has 0 heterocycles. The Morgan fingerprint density at radius 2 is 2.00 bits per heavy atom. The van der Waals surface area contributed by atoms with Crippen LogP contribution in [0.3, 0.4) is 0 Å². The third kappa shape index (κ3) is 4.53. The van der Waals surface area contributed by atoms with Gasteiger partial charge in [-0.2, -0.15) is 0 Å². The van der Waals surface area contributed by atoms with Gasteiger partial charge in [-0.25, -0.2) is 0 Å². The zero-order chi connectivity index (χ0) is 15.9. The van der Waals surface area contributed by atoms with Crippen LogP contribution >= 0.6 is 0 Å². The largest absolute Gasteiger partial charge is 0.350 e. The number of para-hydroxylation sites is 1. The molecule has 1 aromatic rings. The first kappa shape index (κ1) is 16.4. The third-order valence-corrected chi connectivity index (χ3v) is 4.29. The standard InChI is InChI=1S/C16H23N3O3/c17-14(10-12-6-2-1-3-7-12)16(20)18-11-13-8-4-5-9-15(13)19(21)22/h4-5,8-9,12,14H,1-3,6-7,10-11,17H2,(H,18,20). The molecule has 1 saturated carbocycles. The van der Waals surface area contributed by atoms with Gasteiger partial charge in [-0.3, -0.25) is 14.9 Å². The molecule has 1 amide bonds. The van der Waals surface area contributed by atoms with E-state index in [1.165, 1.54) is 25.3 Å². The van der Waals surface area contributed by atoms with Crippen LogP contribution < -0.4 is 11.1 Å². The number of nitro benzene ring substituents is 1. The summed E-state index contributed by atoms with van der Waals surface area (Å²) < 4.78 is 0. The molecule has 0 spiro atoms. The second-order valence-electron chi connectivity index (χ2n) is 5.95. The number of benzene rings is 1. The summed E-state index contributed by atoms with van der Waals surface area (Å²) in [6.07, 6.45) is 6.69. The fourth-order valence-electron chi connectivity index (χ4n) is 3.04. The molecule has 0 aromatic heterocycles. The zero-order valence-corrected chi connectivity index (χ0v) is 12.7. The van der Waals surface area contributed by atoms with Gasteiger partial charge in [0.1, 0.15) is 0 Å². The lowest BCUT2D eigenvalue weighted by molar-refractivity contribution is -0.385. The lowest BCUT2D eigenvalue weighted by Gasteiger charge is -2.24. The second-order valence-corrected chi connectivity index (χ2v) is 5.95. The van der Waals surface area contributed by atoms with Crippen molar-refractivity contribution in [2.45, 2.75) is 51.1 Å². The van der Waals surface area contributed by atoms with Gasteiger partial charge in [-0.1, -0.05) is 50.3 Å². The number of rotatable bonds is 6. The van der Waals surface area contributed by atoms with Crippen LogP contribution in [0.1, 0.15) is 44.1 Å². The quantitative estimate of drug-likeness (QED) is 0.623. The van der Waals surface area contributed by atoms with E-state index in [0.29, 0.717) is 17.9 Å². The predicted molar refractivity (Wildman–Crippen MR) is 84.1 cm³/mol. The van der Waals surface area contributed by atoms with Crippen molar-refractivity contribution >= 4 is 11.6 Å². The minimum Gasteiger partial charge on any atom is -0.350 e. The summed E-state index contributed by atoms with van der Waals surface area (Å²) in [6.45, 7) is 0.133. The number of hydrogen-bond donors (Lipinski definition) is 2. The van der Waals surface area contributed by atoms with E-state index in [2.05, 4.69) is 5.32 Å². The molecule has 6 nitrogen and oxygen atoms in total. The number of nitrogens with zero attached hydrogens (tertiary/aromatic N) is 1. The number of nitro groups is 1. The first-order chi connectivity index (χ1) is 10.6. The van der Waals surface area contributed by atoms with Crippen LogP contribution in [0, 0.1) is 16.0 Å². The molecular weight excluding hydrogens is 282 g/mol. The SMILES string of the molecule is NC(CC1CCCCC1)C(=O)NCc1ccccc1[N+](=O)[O-]. The predicted octanol–water partition coefficient (Wildman–Crippen LogP) is 2.51. The van der Waals surface area contributed by atoms with Crippen LogP contribution in [0.5, 0.6) is 0 Å². The summed E-state index contributed by atoms with van der Waals surface area (Å²) >= 11 is 0. The van der Waals surface area contributed by atoms with E-state index in [-0.39, 0.29) is 18.1 Å². The first-order valence-corrected chi connectivity index (χ1v) is 7.83. The van der Waals surface area contributed by atoms with Crippen LogP contribution in [-0.2, 0) is 11.3 Å². The average Bonchev–Trinajstić information content (AvgIpc) is 2.53. The fraction of sp³-hybridized carbons (Fsp3) is 0.562. The van der Waals surface area contributed by atoms with Gasteiger partial charge in [-0.05, 0) is 12.3 Å². The van der Waals surface area contributed by atoms with Crippen LogP contribution in [0.25, 0.3) is 0 Å². The fourth-order valence-corrected chi connectivity index (χ4v) is 3.04. The zero-order valence-electron chi connectivity index (χ0n) is 12.7. The second kappa shape index (κ2) is 7.89. The first-order valence-electron chi connectivity index (χ1n) is 7.83. The van der Waals surface area contributed by atoms with Gasteiger partial charge in [0.25, 0.3) is 5.69 Å². The molecule has 2 rings (SSSR count). The van der Waals surface area contributed by atoms with Gasteiger partial charge in [0.15, 0.2) is 0 Å². The summed E-state index contributed by atoms with van der Waals surface area (Å²) in [5, 5.41) is 13.6. The normalized spacial score (nSPS) is 17.0. The maximum Gasteiger partial charge on any atom is 0.274 e. The molecule has 1 atom stereocenters. The van der Waals surface area contributed by atoms with E-state index >= 15 is 0 Å². The highest BCUT2D eigenvalue weighted by Crippen LogP contribution is 2.27. The number of amides is 1.